The number of nitrogens with one attached hydrogen (secondary N) is 1. The molecule has 0 bridgehead atoms. The number of anilines is 1. The van der Waals surface area contributed by atoms with Crippen LogP contribution >= 0.6 is 0 Å². The van der Waals surface area contributed by atoms with Gasteiger partial charge in [-0.3, -0.25) is 4.98 Å². The number of aromatic nitrogens is 1. The van der Waals surface area contributed by atoms with Crippen molar-refractivity contribution >= 4 is 17.7 Å². The Labute approximate surface area is 122 Å². The predicted molar refractivity (Wildman–Crippen MR) is 76.2 cm³/mol. The molecule has 1 aliphatic rings. The van der Waals surface area contributed by atoms with E-state index < -0.39 is 12.1 Å². The van der Waals surface area contributed by atoms with Crippen molar-refractivity contribution in [1.29, 1.82) is 0 Å². The molecule has 2 rings (SSSR count). The maximum atomic E-state index is 12.2. The van der Waals surface area contributed by atoms with Crippen LogP contribution in [0.2, 0.25) is 0 Å². The minimum atomic E-state index is -1.10. The first-order chi connectivity index (χ1) is 9.99. The first-order valence-electron chi connectivity index (χ1n) is 6.89. The van der Waals surface area contributed by atoms with Gasteiger partial charge in [0.1, 0.15) is 0 Å². The number of carbonyl (C=O) groups is 2. The van der Waals surface area contributed by atoms with Crippen molar-refractivity contribution in [2.24, 2.45) is 0 Å². The monoisotopic (exact) mass is 293 g/mol. The number of amides is 2. The molecule has 114 valence electrons. The van der Waals surface area contributed by atoms with Gasteiger partial charge >= 0.3 is 12.0 Å². The SMILES string of the molecule is CN(C(=O)Nc1cncc(C(=O)O)c1)C1CCCCC1O. The van der Waals surface area contributed by atoms with Crippen LogP contribution in [0.25, 0.3) is 0 Å². The Bertz CT molecular complexity index is 535. The van der Waals surface area contributed by atoms with Crippen molar-refractivity contribution in [3.63, 3.8) is 0 Å². The smallest absolute Gasteiger partial charge is 0.337 e. The van der Waals surface area contributed by atoms with Gasteiger partial charge in [-0.1, -0.05) is 12.8 Å². The zero-order valence-corrected chi connectivity index (χ0v) is 11.8. The van der Waals surface area contributed by atoms with Gasteiger partial charge in [-0.2, -0.15) is 0 Å². The first-order valence-corrected chi connectivity index (χ1v) is 6.89. The van der Waals surface area contributed by atoms with E-state index in [0.29, 0.717) is 12.1 Å². The highest BCUT2D eigenvalue weighted by Crippen LogP contribution is 2.23. The summed E-state index contributed by atoms with van der Waals surface area (Å²) in [6, 6.07) is 0.748. The Morgan fingerprint density at radius 3 is 2.71 bits per heavy atom. The minimum absolute atomic E-state index is 0.00755. The molecule has 1 aliphatic carbocycles. The van der Waals surface area contributed by atoms with E-state index in [0.717, 1.165) is 19.3 Å². The number of hydrogen-bond donors (Lipinski definition) is 3. The van der Waals surface area contributed by atoms with Gasteiger partial charge in [-0.05, 0) is 18.9 Å². The maximum absolute atomic E-state index is 12.2. The zero-order valence-electron chi connectivity index (χ0n) is 11.8. The van der Waals surface area contributed by atoms with Gasteiger partial charge in [0, 0.05) is 13.2 Å². The summed E-state index contributed by atoms with van der Waals surface area (Å²) < 4.78 is 0. The van der Waals surface area contributed by atoms with E-state index >= 15 is 0 Å². The molecule has 0 aromatic carbocycles. The topological polar surface area (TPSA) is 103 Å². The number of aromatic carboxylic acids is 1. The van der Waals surface area contributed by atoms with Crippen LogP contribution in [0.15, 0.2) is 18.5 Å². The molecule has 1 aromatic rings. The largest absolute Gasteiger partial charge is 0.478 e. The molecule has 0 spiro atoms. The third kappa shape index (κ3) is 3.69. The van der Waals surface area contributed by atoms with Gasteiger partial charge in [0.15, 0.2) is 0 Å². The van der Waals surface area contributed by atoms with Crippen molar-refractivity contribution < 1.29 is 19.8 Å². The Hall–Kier alpha value is -2.15. The van der Waals surface area contributed by atoms with Gasteiger partial charge in [0.2, 0.25) is 0 Å². The molecule has 3 N–H and O–H groups in total. The second-order valence-corrected chi connectivity index (χ2v) is 5.23. The standard InChI is InChI=1S/C14H19N3O4/c1-17(11-4-2-3-5-12(11)18)14(21)16-10-6-9(13(19)20)7-15-8-10/h6-8,11-12,18H,2-5H2,1H3,(H,16,21)(H,19,20). The number of likely N-dealkylation sites (N-methyl/N-ethyl adjacent to an activating group) is 1. The van der Waals surface area contributed by atoms with Crippen LogP contribution in [0.1, 0.15) is 36.0 Å². The van der Waals surface area contributed by atoms with Gasteiger partial charge in [-0.15, -0.1) is 0 Å². The van der Waals surface area contributed by atoms with Gasteiger partial charge < -0.3 is 20.4 Å². The van der Waals surface area contributed by atoms with Crippen molar-refractivity contribution in [2.75, 3.05) is 12.4 Å². The Morgan fingerprint density at radius 1 is 1.33 bits per heavy atom. The highest BCUT2D eigenvalue weighted by atomic mass is 16.4. The van der Waals surface area contributed by atoms with Crippen LogP contribution < -0.4 is 5.32 Å². The number of carbonyl (C=O) groups excluding carboxylic acids is 1. The molecular formula is C14H19N3O4. The van der Waals surface area contributed by atoms with Crippen LogP contribution in [0.5, 0.6) is 0 Å². The van der Waals surface area contributed by atoms with Gasteiger partial charge in [-0.25, -0.2) is 9.59 Å². The van der Waals surface area contributed by atoms with Gasteiger partial charge in [0.05, 0.1) is 29.6 Å². The van der Waals surface area contributed by atoms with E-state index in [1.54, 1.807) is 7.05 Å². The number of hydrogen-bond acceptors (Lipinski definition) is 4. The summed E-state index contributed by atoms with van der Waals surface area (Å²) in [6.45, 7) is 0. The molecule has 21 heavy (non-hydrogen) atoms. The normalized spacial score (nSPS) is 21.6. The maximum Gasteiger partial charge on any atom is 0.337 e. The lowest BCUT2D eigenvalue weighted by atomic mass is 9.92. The number of aliphatic hydroxyl groups is 1. The molecule has 7 nitrogen and oxygen atoms in total. The average molecular weight is 293 g/mol. The fourth-order valence-electron chi connectivity index (χ4n) is 2.53. The lowest BCUT2D eigenvalue weighted by Gasteiger charge is -2.35. The first kappa shape index (κ1) is 15.2. The van der Waals surface area contributed by atoms with Crippen LogP contribution in [-0.4, -0.2) is 51.3 Å². The number of nitrogens with zero attached hydrogens (tertiary/aromatic N) is 2. The molecule has 0 radical (unpaired) electrons. The van der Waals surface area contributed by atoms with Crippen molar-refractivity contribution in [3.05, 3.63) is 24.0 Å². The summed E-state index contributed by atoms with van der Waals surface area (Å²) in [6.07, 6.45) is 5.49. The highest BCUT2D eigenvalue weighted by Gasteiger charge is 2.29. The number of rotatable bonds is 3. The third-order valence-corrected chi connectivity index (χ3v) is 3.75. The second-order valence-electron chi connectivity index (χ2n) is 5.23. The molecule has 1 saturated carbocycles. The third-order valence-electron chi connectivity index (χ3n) is 3.75. The molecule has 0 saturated heterocycles. The molecule has 2 amide bonds. The molecule has 1 aromatic heterocycles. The Morgan fingerprint density at radius 2 is 2.05 bits per heavy atom. The van der Waals surface area contributed by atoms with E-state index in [2.05, 4.69) is 10.3 Å². The van der Waals surface area contributed by atoms with E-state index in [9.17, 15) is 14.7 Å². The highest BCUT2D eigenvalue weighted by molar-refractivity contribution is 5.92. The fraction of sp³-hybridized carbons (Fsp3) is 0.500. The van der Waals surface area contributed by atoms with Crippen molar-refractivity contribution in [2.45, 2.75) is 37.8 Å². The van der Waals surface area contributed by atoms with Crippen molar-refractivity contribution in [1.82, 2.24) is 9.88 Å². The minimum Gasteiger partial charge on any atom is -0.478 e. The molecule has 1 fully saturated rings. The van der Waals surface area contributed by atoms with E-state index in [4.69, 9.17) is 5.11 Å². The lowest BCUT2D eigenvalue weighted by Crippen LogP contribution is -2.47. The predicted octanol–water partition coefficient (Wildman–Crippen LogP) is 1.55. The lowest BCUT2D eigenvalue weighted by molar-refractivity contribution is 0.0494. The number of carboxylic acid groups (broad SMARTS) is 1. The summed E-state index contributed by atoms with van der Waals surface area (Å²) in [5, 5.41) is 21.5. The number of urea groups is 1. The van der Waals surface area contributed by atoms with Crippen LogP contribution in [0.3, 0.4) is 0 Å². The number of pyridine rings is 1. The number of aliphatic hydroxyl groups excluding tert-OH is 1. The quantitative estimate of drug-likeness (QED) is 0.784. The van der Waals surface area contributed by atoms with Crippen LogP contribution in [0.4, 0.5) is 10.5 Å². The molecule has 0 aliphatic heterocycles. The van der Waals surface area contributed by atoms with E-state index in [-0.39, 0.29) is 17.6 Å². The van der Waals surface area contributed by atoms with Gasteiger partial charge in [0.25, 0.3) is 0 Å². The molecule has 2 unspecified atom stereocenters. The Balaban J connectivity index is 2.03. The van der Waals surface area contributed by atoms with Crippen molar-refractivity contribution in [3.8, 4) is 0 Å². The summed E-state index contributed by atoms with van der Waals surface area (Å²) >= 11 is 0. The van der Waals surface area contributed by atoms with Crippen LogP contribution in [0, 0.1) is 0 Å². The Kier molecular flexibility index (Phi) is 4.74. The molecule has 1 heterocycles. The van der Waals surface area contributed by atoms with Crippen LogP contribution in [-0.2, 0) is 0 Å². The molecule has 7 heteroatoms. The molecular weight excluding hydrogens is 274 g/mol. The molecule has 2 atom stereocenters. The number of carboxylic acids is 1. The average Bonchev–Trinajstić information content (AvgIpc) is 2.47. The zero-order chi connectivity index (χ0) is 15.4. The summed E-state index contributed by atoms with van der Waals surface area (Å²) in [4.78, 5) is 28.3. The van der Waals surface area contributed by atoms with E-state index in [1.807, 2.05) is 0 Å². The summed E-state index contributed by atoms with van der Waals surface area (Å²) in [5.74, 6) is -1.10. The summed E-state index contributed by atoms with van der Waals surface area (Å²) in [7, 11) is 1.63. The fourth-order valence-corrected chi connectivity index (χ4v) is 2.53. The second kappa shape index (κ2) is 6.53. The summed E-state index contributed by atoms with van der Waals surface area (Å²) in [5.41, 5.74) is 0.324. The van der Waals surface area contributed by atoms with E-state index in [1.165, 1.54) is 23.4 Å².